The summed E-state index contributed by atoms with van der Waals surface area (Å²) in [5.41, 5.74) is 1.68. The van der Waals surface area contributed by atoms with Crippen molar-refractivity contribution in [3.8, 4) is 5.75 Å². The molecule has 0 heterocycles. The molecule has 21 heavy (non-hydrogen) atoms. The minimum Gasteiger partial charge on any atom is -0.496 e. The number of hydrogen-bond donors (Lipinski definition) is 1. The molecule has 1 unspecified atom stereocenters. The van der Waals surface area contributed by atoms with Gasteiger partial charge in [-0.25, -0.2) is 8.78 Å². The highest BCUT2D eigenvalue weighted by Crippen LogP contribution is 2.26. The van der Waals surface area contributed by atoms with Crippen LogP contribution in [0.5, 0.6) is 5.75 Å². The maximum absolute atomic E-state index is 13.4. The van der Waals surface area contributed by atoms with Gasteiger partial charge in [-0.2, -0.15) is 0 Å². The van der Waals surface area contributed by atoms with E-state index in [4.69, 9.17) is 4.74 Å². The third-order valence-electron chi connectivity index (χ3n) is 3.27. The fraction of sp³-hybridized carbons (Fsp3) is 0.250. The highest BCUT2D eigenvalue weighted by atomic mass is 79.9. The minimum atomic E-state index is -0.303. The summed E-state index contributed by atoms with van der Waals surface area (Å²) >= 11 is 3.33. The van der Waals surface area contributed by atoms with Crippen molar-refractivity contribution in [3.05, 3.63) is 63.6 Å². The van der Waals surface area contributed by atoms with E-state index >= 15 is 0 Å². The van der Waals surface area contributed by atoms with E-state index in [2.05, 4.69) is 21.2 Å². The molecule has 2 aromatic rings. The molecule has 2 nitrogen and oxygen atoms in total. The van der Waals surface area contributed by atoms with E-state index in [-0.39, 0.29) is 17.7 Å². The Morgan fingerprint density at radius 3 is 2.48 bits per heavy atom. The normalized spacial score (nSPS) is 12.2. The summed E-state index contributed by atoms with van der Waals surface area (Å²) in [6, 6.07) is 8.87. The van der Waals surface area contributed by atoms with Crippen LogP contribution in [-0.4, -0.2) is 7.11 Å². The van der Waals surface area contributed by atoms with Crippen molar-refractivity contribution < 1.29 is 13.5 Å². The third-order valence-corrected chi connectivity index (χ3v) is 4.01. The van der Waals surface area contributed by atoms with E-state index in [9.17, 15) is 8.78 Å². The highest BCUT2D eigenvalue weighted by Gasteiger charge is 2.13. The summed E-state index contributed by atoms with van der Waals surface area (Å²) in [7, 11) is 1.56. The van der Waals surface area contributed by atoms with Gasteiger partial charge in [0.25, 0.3) is 0 Å². The molecule has 0 saturated heterocycles. The molecule has 0 bridgehead atoms. The summed E-state index contributed by atoms with van der Waals surface area (Å²) in [6.45, 7) is 2.45. The topological polar surface area (TPSA) is 21.3 Å². The highest BCUT2D eigenvalue weighted by molar-refractivity contribution is 9.10. The van der Waals surface area contributed by atoms with Gasteiger partial charge in [0, 0.05) is 22.6 Å². The molecule has 1 N–H and O–H groups in total. The zero-order valence-corrected chi connectivity index (χ0v) is 13.4. The number of hydrogen-bond acceptors (Lipinski definition) is 2. The van der Waals surface area contributed by atoms with E-state index in [0.29, 0.717) is 16.8 Å². The van der Waals surface area contributed by atoms with Crippen LogP contribution in [0.1, 0.15) is 24.1 Å². The fourth-order valence-corrected chi connectivity index (χ4v) is 2.57. The van der Waals surface area contributed by atoms with Crippen LogP contribution >= 0.6 is 15.9 Å². The predicted molar refractivity (Wildman–Crippen MR) is 82.3 cm³/mol. The van der Waals surface area contributed by atoms with Crippen LogP contribution in [-0.2, 0) is 6.54 Å². The molecule has 0 aliphatic heterocycles. The van der Waals surface area contributed by atoms with Crippen LogP contribution < -0.4 is 10.1 Å². The van der Waals surface area contributed by atoms with Crippen molar-refractivity contribution in [1.82, 2.24) is 5.32 Å². The monoisotopic (exact) mass is 355 g/mol. The second-order valence-corrected chi connectivity index (χ2v) is 5.58. The molecule has 0 radical (unpaired) electrons. The lowest BCUT2D eigenvalue weighted by Crippen LogP contribution is -2.19. The number of methoxy groups -OCH3 is 1. The molecule has 0 spiro atoms. The van der Waals surface area contributed by atoms with Gasteiger partial charge < -0.3 is 10.1 Å². The average molecular weight is 356 g/mol. The van der Waals surface area contributed by atoms with Crippen LogP contribution in [0.15, 0.2) is 40.9 Å². The third kappa shape index (κ3) is 4.02. The summed E-state index contributed by atoms with van der Waals surface area (Å²) < 4.78 is 32.4. The summed E-state index contributed by atoms with van der Waals surface area (Å²) in [5, 5.41) is 3.28. The van der Waals surface area contributed by atoms with Crippen molar-refractivity contribution in [1.29, 1.82) is 0 Å². The Kier molecular flexibility index (Phi) is 5.31. The number of ether oxygens (including phenoxy) is 1. The molecule has 5 heteroatoms. The van der Waals surface area contributed by atoms with Crippen molar-refractivity contribution in [2.45, 2.75) is 19.5 Å². The predicted octanol–water partition coefficient (Wildman–Crippen LogP) is 4.59. The number of halogens is 3. The van der Waals surface area contributed by atoms with Crippen LogP contribution in [0.2, 0.25) is 0 Å². The second kappa shape index (κ2) is 7.00. The Labute approximate surface area is 131 Å². The minimum absolute atomic E-state index is 0.104. The molecule has 0 saturated carbocycles. The lowest BCUT2D eigenvalue weighted by atomic mass is 10.1. The number of nitrogens with one attached hydrogen (secondary N) is 1. The largest absolute Gasteiger partial charge is 0.496 e. The molecular formula is C16H16BrF2NO. The molecule has 0 aliphatic carbocycles. The Morgan fingerprint density at radius 1 is 1.14 bits per heavy atom. The molecule has 2 rings (SSSR count). The van der Waals surface area contributed by atoms with Gasteiger partial charge in [-0.15, -0.1) is 0 Å². The maximum Gasteiger partial charge on any atom is 0.124 e. The molecule has 2 aromatic carbocycles. The van der Waals surface area contributed by atoms with E-state index in [1.165, 1.54) is 24.3 Å². The summed E-state index contributed by atoms with van der Waals surface area (Å²) in [4.78, 5) is 0. The van der Waals surface area contributed by atoms with Crippen molar-refractivity contribution in [2.24, 2.45) is 0 Å². The van der Waals surface area contributed by atoms with Gasteiger partial charge in [0.1, 0.15) is 17.4 Å². The summed E-state index contributed by atoms with van der Waals surface area (Å²) in [5.74, 6) is 0.0439. The SMILES string of the molecule is COc1ccc(F)cc1C(C)NCc1ccc(F)cc1Br. The first-order chi connectivity index (χ1) is 10.0. The molecule has 0 aliphatic rings. The van der Waals surface area contributed by atoms with Crippen LogP contribution in [0.25, 0.3) is 0 Å². The van der Waals surface area contributed by atoms with E-state index in [0.717, 1.165) is 11.1 Å². The van der Waals surface area contributed by atoms with E-state index in [1.54, 1.807) is 19.2 Å². The number of benzene rings is 2. The standard InChI is InChI=1S/C16H16BrF2NO/c1-10(14-7-12(18)5-6-16(14)21-2)20-9-11-3-4-13(19)8-15(11)17/h3-8,10,20H,9H2,1-2H3. The van der Waals surface area contributed by atoms with E-state index < -0.39 is 0 Å². The van der Waals surface area contributed by atoms with Gasteiger partial charge in [-0.1, -0.05) is 22.0 Å². The summed E-state index contributed by atoms with van der Waals surface area (Å²) in [6.07, 6.45) is 0. The van der Waals surface area contributed by atoms with Gasteiger partial charge in [-0.05, 0) is 42.8 Å². The van der Waals surface area contributed by atoms with Gasteiger partial charge in [0.2, 0.25) is 0 Å². The molecule has 1 atom stereocenters. The maximum atomic E-state index is 13.4. The van der Waals surface area contributed by atoms with Gasteiger partial charge >= 0.3 is 0 Å². The van der Waals surface area contributed by atoms with Crippen LogP contribution in [0.4, 0.5) is 8.78 Å². The van der Waals surface area contributed by atoms with Crippen molar-refractivity contribution in [3.63, 3.8) is 0 Å². The van der Waals surface area contributed by atoms with Gasteiger partial charge in [0.05, 0.1) is 7.11 Å². The average Bonchev–Trinajstić information content (AvgIpc) is 2.46. The first kappa shape index (κ1) is 15.9. The number of rotatable bonds is 5. The van der Waals surface area contributed by atoms with Gasteiger partial charge in [-0.3, -0.25) is 0 Å². The van der Waals surface area contributed by atoms with Crippen LogP contribution in [0.3, 0.4) is 0 Å². The second-order valence-electron chi connectivity index (χ2n) is 4.72. The quantitative estimate of drug-likeness (QED) is 0.846. The Morgan fingerprint density at radius 2 is 1.81 bits per heavy atom. The lowest BCUT2D eigenvalue weighted by molar-refractivity contribution is 0.399. The Bertz CT molecular complexity index is 634. The van der Waals surface area contributed by atoms with E-state index in [1.807, 2.05) is 6.92 Å². The first-order valence-corrected chi connectivity index (χ1v) is 7.31. The zero-order chi connectivity index (χ0) is 15.4. The Hall–Kier alpha value is -1.46. The lowest BCUT2D eigenvalue weighted by Gasteiger charge is -2.18. The molecule has 0 fully saturated rings. The first-order valence-electron chi connectivity index (χ1n) is 6.52. The molecule has 0 aromatic heterocycles. The zero-order valence-electron chi connectivity index (χ0n) is 11.8. The van der Waals surface area contributed by atoms with Gasteiger partial charge in [0.15, 0.2) is 0 Å². The molecular weight excluding hydrogens is 340 g/mol. The Balaban J connectivity index is 2.11. The fourth-order valence-electron chi connectivity index (χ4n) is 2.08. The molecule has 112 valence electrons. The smallest absolute Gasteiger partial charge is 0.124 e. The van der Waals surface area contributed by atoms with Crippen molar-refractivity contribution >= 4 is 15.9 Å². The van der Waals surface area contributed by atoms with Crippen LogP contribution in [0, 0.1) is 11.6 Å². The van der Waals surface area contributed by atoms with Crippen molar-refractivity contribution in [2.75, 3.05) is 7.11 Å². The molecule has 0 amide bonds.